The molecule has 1 aliphatic rings. The molecule has 2 aromatic carbocycles. The van der Waals surface area contributed by atoms with Gasteiger partial charge in [-0.15, -0.1) is 0 Å². The molecule has 1 radical (unpaired) electrons. The van der Waals surface area contributed by atoms with Gasteiger partial charge in [0.15, 0.2) is 29.0 Å². The zero-order valence-corrected chi connectivity index (χ0v) is 18.4. The van der Waals surface area contributed by atoms with Crippen molar-refractivity contribution in [2.45, 2.75) is 76.4 Å². The normalized spacial score (nSPS) is 16.1. The minimum Gasteiger partial charge on any atom is -0.539 e. The van der Waals surface area contributed by atoms with E-state index in [-0.39, 0.29) is 16.6 Å². The van der Waals surface area contributed by atoms with E-state index in [1.165, 1.54) is 6.07 Å². The van der Waals surface area contributed by atoms with Crippen molar-refractivity contribution in [3.63, 3.8) is 0 Å². The maximum atomic E-state index is 15.2. The molecule has 30 heavy (non-hydrogen) atoms. The highest BCUT2D eigenvalue weighted by Crippen LogP contribution is 2.50. The van der Waals surface area contributed by atoms with E-state index in [2.05, 4.69) is 0 Å². The van der Waals surface area contributed by atoms with Crippen molar-refractivity contribution < 1.29 is 30.8 Å². The second-order valence-electron chi connectivity index (χ2n) is 8.69. The van der Waals surface area contributed by atoms with Gasteiger partial charge < -0.3 is 4.43 Å². The predicted octanol–water partition coefficient (Wildman–Crippen LogP) is 7.95. The molecule has 165 valence electrons. The summed E-state index contributed by atoms with van der Waals surface area (Å²) >= 11 is 0. The van der Waals surface area contributed by atoms with Gasteiger partial charge >= 0.3 is 0 Å². The molecule has 0 bridgehead atoms. The van der Waals surface area contributed by atoms with Crippen LogP contribution in [-0.4, -0.2) is 8.32 Å². The molecule has 0 unspecified atom stereocenters. The third-order valence-electron chi connectivity index (χ3n) is 6.46. The Balaban J connectivity index is 2.27. The van der Waals surface area contributed by atoms with Crippen molar-refractivity contribution >= 4 is 19.1 Å². The third-order valence-corrected chi connectivity index (χ3v) is 12.5. The van der Waals surface area contributed by atoms with Gasteiger partial charge in [-0.25, -0.2) is 22.0 Å². The van der Waals surface area contributed by atoms with E-state index in [4.69, 9.17) is 4.43 Å². The molecule has 0 heterocycles. The minimum atomic E-state index is -2.95. The summed E-state index contributed by atoms with van der Waals surface area (Å²) in [6, 6.07) is 1.39. The van der Waals surface area contributed by atoms with Gasteiger partial charge in [0.2, 0.25) is 5.82 Å². The van der Waals surface area contributed by atoms with E-state index < -0.39 is 59.7 Å². The van der Waals surface area contributed by atoms with Gasteiger partial charge in [0.1, 0.15) is 5.82 Å². The average Bonchev–Trinajstić information content (AvgIpc) is 2.69. The fraction of sp³-hybridized carbons (Fsp3) is 0.545. The Labute approximate surface area is 173 Å². The summed E-state index contributed by atoms with van der Waals surface area (Å²) in [6.45, 7) is 7.66. The SMILES string of the molecule is CC(C)[Si](Oc1c(F)c(F)c2c(F)c(F)[c]c(F)c2c1F)(C(C)C)C1CCCCC1. The first-order chi connectivity index (χ1) is 14.0. The molecule has 1 saturated carbocycles. The Morgan fingerprint density at radius 2 is 1.30 bits per heavy atom. The summed E-state index contributed by atoms with van der Waals surface area (Å²) in [5, 5.41) is -2.60. The van der Waals surface area contributed by atoms with Crippen molar-refractivity contribution in [1.82, 2.24) is 0 Å². The molecule has 1 nitrogen and oxygen atoms in total. The van der Waals surface area contributed by atoms with E-state index in [0.29, 0.717) is 0 Å². The van der Waals surface area contributed by atoms with E-state index >= 15 is 4.39 Å². The Bertz CT molecular complexity index is 945. The molecule has 8 heteroatoms. The van der Waals surface area contributed by atoms with E-state index in [0.717, 1.165) is 32.1 Å². The van der Waals surface area contributed by atoms with Crippen molar-refractivity contribution in [3.05, 3.63) is 41.0 Å². The number of hydrogen-bond donors (Lipinski definition) is 0. The molecule has 1 fully saturated rings. The summed E-state index contributed by atoms with van der Waals surface area (Å²) < 4.78 is 92.7. The van der Waals surface area contributed by atoms with Crippen LogP contribution in [0.1, 0.15) is 59.8 Å². The molecule has 0 aromatic heterocycles. The van der Waals surface area contributed by atoms with Gasteiger partial charge in [-0.3, -0.25) is 0 Å². The quantitative estimate of drug-likeness (QED) is 0.257. The Kier molecular flexibility index (Phi) is 6.46. The summed E-state index contributed by atoms with van der Waals surface area (Å²) in [5.74, 6) is -11.6. The van der Waals surface area contributed by atoms with Crippen LogP contribution in [0.5, 0.6) is 5.75 Å². The lowest BCUT2D eigenvalue weighted by Gasteiger charge is -2.46. The second kappa shape index (κ2) is 8.44. The highest BCUT2D eigenvalue weighted by atomic mass is 28.4. The first kappa shape index (κ1) is 23.0. The number of fused-ring (bicyclic) bond motifs is 1. The highest BCUT2D eigenvalue weighted by molar-refractivity contribution is 6.78. The predicted molar refractivity (Wildman–Crippen MR) is 106 cm³/mol. The molecular formula is C22H25F6OSi. The maximum Gasteiger partial charge on any atom is 0.259 e. The van der Waals surface area contributed by atoms with Crippen LogP contribution >= 0.6 is 0 Å². The Morgan fingerprint density at radius 1 is 0.733 bits per heavy atom. The fourth-order valence-electron chi connectivity index (χ4n) is 5.12. The largest absolute Gasteiger partial charge is 0.539 e. The van der Waals surface area contributed by atoms with Crippen LogP contribution in [0, 0.1) is 41.0 Å². The Hall–Kier alpha value is -1.70. The molecular weight excluding hydrogens is 422 g/mol. The van der Waals surface area contributed by atoms with Crippen molar-refractivity contribution in [3.8, 4) is 5.75 Å². The molecule has 0 atom stereocenters. The van der Waals surface area contributed by atoms with Crippen LogP contribution in [0.15, 0.2) is 0 Å². The summed E-state index contributed by atoms with van der Waals surface area (Å²) in [6.07, 6.45) is 4.67. The van der Waals surface area contributed by atoms with E-state index in [1.54, 1.807) is 0 Å². The van der Waals surface area contributed by atoms with Gasteiger partial charge in [-0.1, -0.05) is 47.0 Å². The van der Waals surface area contributed by atoms with Crippen LogP contribution in [-0.2, 0) is 0 Å². The van der Waals surface area contributed by atoms with Crippen molar-refractivity contribution in [2.24, 2.45) is 0 Å². The van der Waals surface area contributed by atoms with Crippen LogP contribution < -0.4 is 4.43 Å². The first-order valence-electron chi connectivity index (χ1n) is 10.3. The van der Waals surface area contributed by atoms with Gasteiger partial charge in [0, 0.05) is 0 Å². The zero-order chi connectivity index (χ0) is 22.4. The fourth-order valence-corrected chi connectivity index (χ4v) is 10.8. The molecule has 3 rings (SSSR count). The molecule has 2 aromatic rings. The average molecular weight is 448 g/mol. The lowest BCUT2D eigenvalue weighted by molar-refractivity contribution is 0.371. The van der Waals surface area contributed by atoms with Gasteiger partial charge in [-0.05, 0) is 29.5 Å². The minimum absolute atomic E-state index is 0.0699. The summed E-state index contributed by atoms with van der Waals surface area (Å²) in [4.78, 5) is 0. The van der Waals surface area contributed by atoms with E-state index in [1.807, 2.05) is 27.7 Å². The molecule has 0 aliphatic heterocycles. The second-order valence-corrected chi connectivity index (χ2v) is 13.7. The standard InChI is InChI=1S/C22H25F6OSi/c1-11(2)30(12(3)4,13-8-6-5-7-9-13)29-22-20(27)16-14(23)10-15(24)18(25)17(16)19(26)21(22)28/h11-13H,5-9H2,1-4H3. The molecule has 0 saturated heterocycles. The number of rotatable bonds is 5. The molecule has 0 amide bonds. The molecule has 0 spiro atoms. The number of benzene rings is 2. The lowest BCUT2D eigenvalue weighted by atomic mass is 10.0. The van der Waals surface area contributed by atoms with Crippen molar-refractivity contribution in [1.29, 1.82) is 0 Å². The Morgan fingerprint density at radius 3 is 1.83 bits per heavy atom. The topological polar surface area (TPSA) is 9.23 Å². The lowest BCUT2D eigenvalue weighted by Crippen LogP contribution is -2.53. The van der Waals surface area contributed by atoms with Gasteiger partial charge in [-0.2, -0.15) is 4.39 Å². The van der Waals surface area contributed by atoms with Crippen LogP contribution in [0.2, 0.25) is 16.6 Å². The third kappa shape index (κ3) is 3.50. The first-order valence-corrected chi connectivity index (χ1v) is 12.4. The summed E-state index contributed by atoms with van der Waals surface area (Å²) in [7, 11) is -2.95. The summed E-state index contributed by atoms with van der Waals surface area (Å²) in [5.41, 5.74) is -0.0517. The zero-order valence-electron chi connectivity index (χ0n) is 17.4. The van der Waals surface area contributed by atoms with Gasteiger partial charge in [0.25, 0.3) is 8.32 Å². The van der Waals surface area contributed by atoms with Gasteiger partial charge in [0.05, 0.1) is 16.8 Å². The highest BCUT2D eigenvalue weighted by Gasteiger charge is 2.51. The number of hydrogen-bond acceptors (Lipinski definition) is 1. The van der Waals surface area contributed by atoms with E-state index in [9.17, 15) is 22.0 Å². The molecule has 0 N–H and O–H groups in total. The van der Waals surface area contributed by atoms with Crippen LogP contribution in [0.4, 0.5) is 26.3 Å². The monoisotopic (exact) mass is 447 g/mol. The van der Waals surface area contributed by atoms with Crippen LogP contribution in [0.3, 0.4) is 0 Å². The maximum absolute atomic E-state index is 15.2. The van der Waals surface area contributed by atoms with Crippen molar-refractivity contribution in [2.75, 3.05) is 0 Å². The van der Waals surface area contributed by atoms with Crippen LogP contribution in [0.25, 0.3) is 10.8 Å². The smallest absolute Gasteiger partial charge is 0.259 e. The molecule has 1 aliphatic carbocycles. The number of halogens is 6.